The van der Waals surface area contributed by atoms with Crippen molar-refractivity contribution >= 4 is 16.5 Å². The molecule has 0 saturated carbocycles. The molecular formula is C25H21F3N4O3. The first-order chi connectivity index (χ1) is 16.6. The standard InChI is InChI=1S/C25H21F3N4O3/c1-17-10-12-18(13-11-17)23-20-7-3-4-8-21(20)24(33)31(29-23)16-30(15-25(26,27)28)14-19-6-2-5-9-22(19)32(34)35/h2-13H,14-16H2,1H3. The van der Waals surface area contributed by atoms with Gasteiger partial charge in [0, 0.05) is 29.1 Å². The third kappa shape index (κ3) is 5.55. The molecule has 3 aromatic carbocycles. The van der Waals surface area contributed by atoms with Crippen LogP contribution in [0.2, 0.25) is 0 Å². The Morgan fingerprint density at radius 2 is 1.60 bits per heavy atom. The molecule has 10 heteroatoms. The predicted octanol–water partition coefficient (Wildman–Crippen LogP) is 5.30. The van der Waals surface area contributed by atoms with E-state index in [9.17, 15) is 28.1 Å². The zero-order valence-corrected chi connectivity index (χ0v) is 18.7. The molecule has 7 nitrogen and oxygen atoms in total. The second kappa shape index (κ2) is 9.67. The van der Waals surface area contributed by atoms with Crippen molar-refractivity contribution in [3.8, 4) is 11.3 Å². The van der Waals surface area contributed by atoms with E-state index in [1.165, 1.54) is 24.3 Å². The van der Waals surface area contributed by atoms with Crippen molar-refractivity contribution in [1.29, 1.82) is 0 Å². The summed E-state index contributed by atoms with van der Waals surface area (Å²) < 4.78 is 41.3. The molecule has 180 valence electrons. The summed E-state index contributed by atoms with van der Waals surface area (Å²) in [5, 5.41) is 16.7. The largest absolute Gasteiger partial charge is 0.401 e. The average molecular weight is 482 g/mol. The number of hydrogen-bond donors (Lipinski definition) is 0. The number of para-hydroxylation sites is 1. The van der Waals surface area contributed by atoms with E-state index >= 15 is 0 Å². The van der Waals surface area contributed by atoms with Crippen molar-refractivity contribution in [3.63, 3.8) is 0 Å². The third-order valence-electron chi connectivity index (χ3n) is 5.51. The van der Waals surface area contributed by atoms with Crippen LogP contribution in [0, 0.1) is 17.0 Å². The van der Waals surface area contributed by atoms with Gasteiger partial charge in [-0.15, -0.1) is 0 Å². The molecule has 1 aromatic heterocycles. The minimum absolute atomic E-state index is 0.106. The second-order valence-electron chi connectivity index (χ2n) is 8.19. The molecule has 1 heterocycles. The summed E-state index contributed by atoms with van der Waals surface area (Å²) in [6.45, 7) is -0.348. The second-order valence-corrected chi connectivity index (χ2v) is 8.19. The minimum Gasteiger partial charge on any atom is -0.271 e. The lowest BCUT2D eigenvalue weighted by atomic mass is 10.0. The van der Waals surface area contributed by atoms with Crippen molar-refractivity contribution in [2.45, 2.75) is 26.3 Å². The quantitative estimate of drug-likeness (QED) is 0.264. The maximum atomic E-state index is 13.4. The van der Waals surface area contributed by atoms with E-state index in [1.807, 2.05) is 31.2 Å². The van der Waals surface area contributed by atoms with Gasteiger partial charge in [0.05, 0.1) is 29.2 Å². The van der Waals surface area contributed by atoms with Gasteiger partial charge in [-0.25, -0.2) is 4.68 Å². The molecule has 0 atom stereocenters. The lowest BCUT2D eigenvalue weighted by Crippen LogP contribution is -2.39. The van der Waals surface area contributed by atoms with Gasteiger partial charge >= 0.3 is 6.18 Å². The minimum atomic E-state index is -4.59. The molecule has 0 aliphatic heterocycles. The molecular weight excluding hydrogens is 461 g/mol. The molecule has 0 fully saturated rings. The topological polar surface area (TPSA) is 81.3 Å². The fraction of sp³-hybridized carbons (Fsp3) is 0.200. The molecule has 4 rings (SSSR count). The van der Waals surface area contributed by atoms with E-state index in [1.54, 1.807) is 24.3 Å². The zero-order valence-electron chi connectivity index (χ0n) is 18.7. The Bertz CT molecular complexity index is 1430. The number of hydrogen-bond acceptors (Lipinski definition) is 5. The summed E-state index contributed by atoms with van der Waals surface area (Å²) in [6, 6.07) is 19.8. The molecule has 4 aromatic rings. The number of alkyl halides is 3. The summed E-state index contributed by atoms with van der Waals surface area (Å²) >= 11 is 0. The number of nitro groups is 1. The summed E-state index contributed by atoms with van der Waals surface area (Å²) in [7, 11) is 0. The summed E-state index contributed by atoms with van der Waals surface area (Å²) in [5.41, 5.74) is 1.45. The van der Waals surface area contributed by atoms with Crippen LogP contribution in [0.25, 0.3) is 22.0 Å². The van der Waals surface area contributed by atoms with E-state index in [0.717, 1.165) is 15.1 Å². The number of benzene rings is 3. The molecule has 0 amide bonds. The Labute approximate surface area is 198 Å². The summed E-state index contributed by atoms with van der Waals surface area (Å²) in [4.78, 5) is 24.8. The highest BCUT2D eigenvalue weighted by molar-refractivity contribution is 5.93. The van der Waals surface area contributed by atoms with Gasteiger partial charge in [0.2, 0.25) is 0 Å². The molecule has 0 unspecified atom stereocenters. The van der Waals surface area contributed by atoms with Crippen molar-refractivity contribution in [2.24, 2.45) is 0 Å². The van der Waals surface area contributed by atoms with Crippen LogP contribution in [0.3, 0.4) is 0 Å². The SMILES string of the molecule is Cc1ccc(-c2nn(CN(Cc3ccccc3[N+](=O)[O-])CC(F)(F)F)c(=O)c3ccccc23)cc1. The molecule has 0 saturated heterocycles. The van der Waals surface area contributed by atoms with Crippen molar-refractivity contribution in [3.05, 3.63) is 104 Å². The fourth-order valence-electron chi connectivity index (χ4n) is 3.92. The van der Waals surface area contributed by atoms with Gasteiger partial charge in [-0.2, -0.15) is 18.3 Å². The Hall–Kier alpha value is -4.05. The van der Waals surface area contributed by atoms with Crippen LogP contribution in [0.15, 0.2) is 77.6 Å². The van der Waals surface area contributed by atoms with Gasteiger partial charge < -0.3 is 0 Å². The van der Waals surface area contributed by atoms with Gasteiger partial charge in [0.25, 0.3) is 11.2 Å². The van der Waals surface area contributed by atoms with Crippen molar-refractivity contribution < 1.29 is 18.1 Å². The number of nitro benzene ring substituents is 1. The lowest BCUT2D eigenvalue weighted by molar-refractivity contribution is -0.385. The normalized spacial score (nSPS) is 11.8. The van der Waals surface area contributed by atoms with Crippen LogP contribution in [-0.4, -0.2) is 32.3 Å². The first-order valence-corrected chi connectivity index (χ1v) is 10.7. The first-order valence-electron chi connectivity index (χ1n) is 10.7. The number of aryl methyl sites for hydroxylation is 1. The van der Waals surface area contributed by atoms with E-state index in [4.69, 9.17) is 0 Å². The van der Waals surface area contributed by atoms with Crippen LogP contribution in [-0.2, 0) is 13.2 Å². The number of nitrogens with zero attached hydrogens (tertiary/aromatic N) is 4. The van der Waals surface area contributed by atoms with Gasteiger partial charge in [0.1, 0.15) is 0 Å². The maximum Gasteiger partial charge on any atom is 0.401 e. The van der Waals surface area contributed by atoms with E-state index in [-0.39, 0.29) is 11.3 Å². The molecule has 0 aliphatic rings. The monoisotopic (exact) mass is 482 g/mol. The maximum absolute atomic E-state index is 13.4. The molecule has 0 radical (unpaired) electrons. The van der Waals surface area contributed by atoms with E-state index in [2.05, 4.69) is 5.10 Å². The van der Waals surface area contributed by atoms with Crippen LogP contribution in [0.4, 0.5) is 18.9 Å². The van der Waals surface area contributed by atoms with Gasteiger partial charge in [-0.05, 0) is 13.0 Å². The Morgan fingerprint density at radius 3 is 2.26 bits per heavy atom. The van der Waals surface area contributed by atoms with Crippen LogP contribution >= 0.6 is 0 Å². The number of halogens is 3. The van der Waals surface area contributed by atoms with Crippen LogP contribution in [0.5, 0.6) is 0 Å². The predicted molar refractivity (Wildman–Crippen MR) is 126 cm³/mol. The van der Waals surface area contributed by atoms with Crippen molar-refractivity contribution in [1.82, 2.24) is 14.7 Å². The van der Waals surface area contributed by atoms with Crippen molar-refractivity contribution in [2.75, 3.05) is 6.54 Å². The average Bonchev–Trinajstić information content (AvgIpc) is 2.81. The molecule has 0 N–H and O–H groups in total. The summed E-state index contributed by atoms with van der Waals surface area (Å²) in [6.07, 6.45) is -4.59. The molecule has 35 heavy (non-hydrogen) atoms. The Morgan fingerprint density at radius 1 is 0.971 bits per heavy atom. The molecule has 0 spiro atoms. The van der Waals surface area contributed by atoms with Crippen LogP contribution < -0.4 is 5.56 Å². The van der Waals surface area contributed by atoms with Gasteiger partial charge in [-0.1, -0.05) is 66.2 Å². The highest BCUT2D eigenvalue weighted by atomic mass is 19.4. The number of aromatic nitrogens is 2. The first kappa shape index (κ1) is 24.1. The Kier molecular flexibility index (Phi) is 6.65. The lowest BCUT2D eigenvalue weighted by Gasteiger charge is -2.24. The fourth-order valence-corrected chi connectivity index (χ4v) is 3.92. The highest BCUT2D eigenvalue weighted by Gasteiger charge is 2.32. The number of fused-ring (bicyclic) bond motifs is 1. The van der Waals surface area contributed by atoms with Gasteiger partial charge in [0.15, 0.2) is 0 Å². The van der Waals surface area contributed by atoms with Crippen LogP contribution in [0.1, 0.15) is 11.1 Å². The Balaban J connectivity index is 1.80. The zero-order chi connectivity index (χ0) is 25.2. The highest BCUT2D eigenvalue weighted by Crippen LogP contribution is 2.26. The summed E-state index contributed by atoms with van der Waals surface area (Å²) in [5.74, 6) is 0. The smallest absolute Gasteiger partial charge is 0.271 e. The van der Waals surface area contributed by atoms with Gasteiger partial charge in [-0.3, -0.25) is 19.8 Å². The van der Waals surface area contributed by atoms with E-state index in [0.29, 0.717) is 22.0 Å². The third-order valence-corrected chi connectivity index (χ3v) is 5.51. The molecule has 0 aliphatic carbocycles. The molecule has 0 bridgehead atoms. The van der Waals surface area contributed by atoms with E-state index < -0.39 is 36.4 Å². The number of rotatable bonds is 7.